The number of nitrogens with one attached hydrogen (secondary N) is 1. The zero-order chi connectivity index (χ0) is 16.2. The van der Waals surface area contributed by atoms with Gasteiger partial charge < -0.3 is 10.1 Å². The highest BCUT2D eigenvalue weighted by Crippen LogP contribution is 2.25. The van der Waals surface area contributed by atoms with Gasteiger partial charge in [0.15, 0.2) is 6.10 Å². The minimum atomic E-state index is -0.588. The Balaban J connectivity index is 2.86. The fourth-order valence-electron chi connectivity index (χ4n) is 1.99. The first-order chi connectivity index (χ1) is 9.70. The van der Waals surface area contributed by atoms with Gasteiger partial charge in [-0.15, -0.1) is 0 Å². The molecular weight excluding hydrogens is 266 g/mol. The summed E-state index contributed by atoms with van der Waals surface area (Å²) in [5, 5.41) is 2.97. The Morgan fingerprint density at radius 1 is 1.33 bits per heavy atom. The van der Waals surface area contributed by atoms with Gasteiger partial charge >= 0.3 is 0 Å². The van der Waals surface area contributed by atoms with Crippen LogP contribution in [0.4, 0.5) is 0 Å². The van der Waals surface area contributed by atoms with Gasteiger partial charge in [0.1, 0.15) is 12.0 Å². The van der Waals surface area contributed by atoms with Crippen molar-refractivity contribution in [3.8, 4) is 5.75 Å². The number of amides is 1. The van der Waals surface area contributed by atoms with E-state index in [2.05, 4.69) is 5.32 Å². The van der Waals surface area contributed by atoms with E-state index < -0.39 is 6.10 Å². The normalized spacial score (nSPS) is 12.7. The van der Waals surface area contributed by atoms with Crippen LogP contribution in [-0.2, 0) is 4.79 Å². The Morgan fingerprint density at radius 2 is 1.86 bits per heavy atom. The molecule has 0 fully saturated rings. The first-order valence-corrected chi connectivity index (χ1v) is 7.25. The summed E-state index contributed by atoms with van der Waals surface area (Å²) in [5.74, 6) is 0.526. The molecule has 1 aromatic rings. The predicted octanol–water partition coefficient (Wildman–Crippen LogP) is 3.19. The molecular formula is C17H25NO3. The van der Waals surface area contributed by atoms with Crippen molar-refractivity contribution in [2.24, 2.45) is 0 Å². The zero-order valence-corrected chi connectivity index (χ0v) is 13.7. The summed E-state index contributed by atoms with van der Waals surface area (Å²) in [4.78, 5) is 23.0. The van der Waals surface area contributed by atoms with E-state index in [1.54, 1.807) is 19.1 Å². The van der Waals surface area contributed by atoms with Crippen LogP contribution in [0.2, 0.25) is 0 Å². The molecule has 0 aromatic heterocycles. The van der Waals surface area contributed by atoms with Crippen LogP contribution in [0, 0.1) is 13.8 Å². The SMILES string of the molecule is CCC(C)(C)NC(=O)C(C)Oc1c(C)cc(C=O)cc1C. The molecule has 1 atom stereocenters. The van der Waals surface area contributed by atoms with Crippen molar-refractivity contribution in [2.45, 2.75) is 59.6 Å². The van der Waals surface area contributed by atoms with Crippen LogP contribution < -0.4 is 10.1 Å². The molecule has 0 bridgehead atoms. The molecule has 1 amide bonds. The molecule has 0 aliphatic heterocycles. The molecule has 0 heterocycles. The van der Waals surface area contributed by atoms with Crippen LogP contribution >= 0.6 is 0 Å². The maximum absolute atomic E-state index is 12.2. The molecule has 1 N–H and O–H groups in total. The molecule has 1 rings (SSSR count). The molecule has 4 nitrogen and oxygen atoms in total. The van der Waals surface area contributed by atoms with Gasteiger partial charge in [-0.1, -0.05) is 6.92 Å². The third kappa shape index (κ3) is 4.59. The monoisotopic (exact) mass is 291 g/mol. The van der Waals surface area contributed by atoms with Gasteiger partial charge in [0.25, 0.3) is 5.91 Å². The summed E-state index contributed by atoms with van der Waals surface area (Å²) in [5.41, 5.74) is 2.07. The molecule has 0 saturated carbocycles. The fourth-order valence-corrected chi connectivity index (χ4v) is 1.99. The van der Waals surface area contributed by atoms with E-state index in [1.165, 1.54) is 0 Å². The van der Waals surface area contributed by atoms with E-state index in [-0.39, 0.29) is 11.4 Å². The first-order valence-electron chi connectivity index (χ1n) is 7.25. The lowest BCUT2D eigenvalue weighted by Crippen LogP contribution is -2.48. The summed E-state index contributed by atoms with van der Waals surface area (Å²) in [6.45, 7) is 11.5. The highest BCUT2D eigenvalue weighted by atomic mass is 16.5. The second-order valence-electron chi connectivity index (χ2n) is 6.09. The van der Waals surface area contributed by atoms with Crippen molar-refractivity contribution < 1.29 is 14.3 Å². The number of ether oxygens (including phenoxy) is 1. The summed E-state index contributed by atoms with van der Waals surface area (Å²) in [6, 6.07) is 3.52. The third-order valence-electron chi connectivity index (χ3n) is 3.63. The number of aldehydes is 1. The number of aryl methyl sites for hydroxylation is 2. The van der Waals surface area contributed by atoms with Gasteiger partial charge in [-0.25, -0.2) is 0 Å². The van der Waals surface area contributed by atoms with Gasteiger partial charge in [-0.2, -0.15) is 0 Å². The third-order valence-corrected chi connectivity index (χ3v) is 3.63. The average Bonchev–Trinajstić information content (AvgIpc) is 2.41. The van der Waals surface area contributed by atoms with Crippen molar-refractivity contribution in [3.05, 3.63) is 28.8 Å². The lowest BCUT2D eigenvalue weighted by Gasteiger charge is -2.27. The lowest BCUT2D eigenvalue weighted by molar-refractivity contribution is -0.129. The topological polar surface area (TPSA) is 55.4 Å². The van der Waals surface area contributed by atoms with Gasteiger partial charge in [-0.05, 0) is 64.3 Å². The second-order valence-corrected chi connectivity index (χ2v) is 6.09. The maximum Gasteiger partial charge on any atom is 0.261 e. The average molecular weight is 291 g/mol. The highest BCUT2D eigenvalue weighted by molar-refractivity contribution is 5.81. The van der Waals surface area contributed by atoms with E-state index >= 15 is 0 Å². The van der Waals surface area contributed by atoms with E-state index in [0.29, 0.717) is 11.3 Å². The molecule has 4 heteroatoms. The molecule has 1 unspecified atom stereocenters. The Bertz CT molecular complexity index is 512. The van der Waals surface area contributed by atoms with Crippen molar-refractivity contribution in [3.63, 3.8) is 0 Å². The second kappa shape index (κ2) is 6.74. The van der Waals surface area contributed by atoms with Crippen LogP contribution in [0.1, 0.15) is 55.6 Å². The van der Waals surface area contributed by atoms with Crippen LogP contribution in [0.15, 0.2) is 12.1 Å². The number of carbonyl (C=O) groups excluding carboxylic acids is 2. The Morgan fingerprint density at radius 3 is 2.29 bits per heavy atom. The van der Waals surface area contributed by atoms with E-state index in [9.17, 15) is 9.59 Å². The zero-order valence-electron chi connectivity index (χ0n) is 13.7. The van der Waals surface area contributed by atoms with Crippen molar-refractivity contribution >= 4 is 12.2 Å². The van der Waals surface area contributed by atoms with E-state index in [1.807, 2.05) is 34.6 Å². The molecule has 21 heavy (non-hydrogen) atoms. The largest absolute Gasteiger partial charge is 0.480 e. The number of hydrogen-bond acceptors (Lipinski definition) is 3. The lowest BCUT2D eigenvalue weighted by atomic mass is 10.0. The van der Waals surface area contributed by atoms with Gasteiger partial charge in [0.2, 0.25) is 0 Å². The van der Waals surface area contributed by atoms with Crippen molar-refractivity contribution in [1.29, 1.82) is 0 Å². The minimum Gasteiger partial charge on any atom is -0.480 e. The van der Waals surface area contributed by atoms with Crippen LogP contribution in [0.3, 0.4) is 0 Å². The molecule has 0 saturated heterocycles. The van der Waals surface area contributed by atoms with Crippen molar-refractivity contribution in [2.75, 3.05) is 0 Å². The summed E-state index contributed by atoms with van der Waals surface area (Å²) in [6.07, 6.45) is 1.07. The predicted molar refractivity (Wildman–Crippen MR) is 83.9 cm³/mol. The smallest absolute Gasteiger partial charge is 0.261 e. The van der Waals surface area contributed by atoms with Gasteiger partial charge in [0, 0.05) is 11.1 Å². The molecule has 0 aliphatic rings. The highest BCUT2D eigenvalue weighted by Gasteiger charge is 2.23. The van der Waals surface area contributed by atoms with Crippen LogP contribution in [0.5, 0.6) is 5.75 Å². The molecule has 116 valence electrons. The minimum absolute atomic E-state index is 0.139. The number of benzene rings is 1. The van der Waals surface area contributed by atoms with E-state index in [4.69, 9.17) is 4.74 Å². The quantitative estimate of drug-likeness (QED) is 0.819. The van der Waals surface area contributed by atoms with Crippen molar-refractivity contribution in [1.82, 2.24) is 5.32 Å². The number of rotatable bonds is 6. The summed E-state index contributed by atoms with van der Waals surface area (Å²) >= 11 is 0. The molecule has 0 radical (unpaired) electrons. The Kier molecular flexibility index (Phi) is 5.53. The molecule has 0 aliphatic carbocycles. The van der Waals surface area contributed by atoms with Gasteiger partial charge in [-0.3, -0.25) is 9.59 Å². The standard InChI is InChI=1S/C17H25NO3/c1-7-17(5,6)18-16(20)13(4)21-15-11(2)8-14(10-19)9-12(15)3/h8-10,13H,7H2,1-6H3,(H,18,20). The van der Waals surface area contributed by atoms with Crippen LogP contribution in [0.25, 0.3) is 0 Å². The Labute approximate surface area is 126 Å². The first kappa shape index (κ1) is 17.2. The molecule has 0 spiro atoms. The maximum atomic E-state index is 12.2. The van der Waals surface area contributed by atoms with Gasteiger partial charge in [0.05, 0.1) is 0 Å². The van der Waals surface area contributed by atoms with Crippen LogP contribution in [-0.4, -0.2) is 23.8 Å². The van der Waals surface area contributed by atoms with E-state index in [0.717, 1.165) is 23.8 Å². The Hall–Kier alpha value is -1.84. The fraction of sp³-hybridized carbons (Fsp3) is 0.529. The summed E-state index contributed by atoms with van der Waals surface area (Å²) in [7, 11) is 0. The number of carbonyl (C=O) groups is 2. The molecule has 1 aromatic carbocycles. The number of hydrogen-bond donors (Lipinski definition) is 1. The summed E-state index contributed by atoms with van der Waals surface area (Å²) < 4.78 is 5.80.